The maximum absolute atomic E-state index is 12.9. The second kappa shape index (κ2) is 9.94. The molecule has 1 amide bonds. The molecule has 0 spiro atoms. The summed E-state index contributed by atoms with van der Waals surface area (Å²) in [6.45, 7) is 2.96. The van der Waals surface area contributed by atoms with E-state index in [4.69, 9.17) is 16.3 Å². The Bertz CT molecular complexity index is 1310. The van der Waals surface area contributed by atoms with Gasteiger partial charge in [0.1, 0.15) is 5.75 Å². The van der Waals surface area contributed by atoms with Crippen molar-refractivity contribution in [2.75, 3.05) is 16.6 Å². The molecule has 0 aliphatic heterocycles. The number of nitrogens with one attached hydrogen (secondary N) is 2. The van der Waals surface area contributed by atoms with Gasteiger partial charge < -0.3 is 10.1 Å². The van der Waals surface area contributed by atoms with Crippen LogP contribution in [0.15, 0.2) is 65.6 Å². The minimum atomic E-state index is -4.59. The van der Waals surface area contributed by atoms with E-state index in [9.17, 15) is 26.4 Å². The number of amides is 1. The Labute approximate surface area is 199 Å². The van der Waals surface area contributed by atoms with Gasteiger partial charge in [0.25, 0.3) is 15.9 Å². The summed E-state index contributed by atoms with van der Waals surface area (Å²) in [4.78, 5) is 12.2. The third-order valence-corrected chi connectivity index (χ3v) is 6.40. The van der Waals surface area contributed by atoms with Crippen molar-refractivity contribution in [1.82, 2.24) is 0 Å². The summed E-state index contributed by atoms with van der Waals surface area (Å²) in [6, 6.07) is 13.5. The maximum Gasteiger partial charge on any atom is 0.416 e. The number of alkyl halides is 3. The van der Waals surface area contributed by atoms with Crippen molar-refractivity contribution in [3.63, 3.8) is 0 Å². The molecule has 0 radical (unpaired) electrons. The zero-order chi connectivity index (χ0) is 25.1. The average Bonchev–Trinajstić information content (AvgIpc) is 2.75. The Kier molecular flexibility index (Phi) is 7.42. The average molecular weight is 513 g/mol. The number of anilines is 2. The van der Waals surface area contributed by atoms with Gasteiger partial charge in [-0.15, -0.1) is 0 Å². The van der Waals surface area contributed by atoms with Crippen molar-refractivity contribution >= 4 is 38.9 Å². The highest BCUT2D eigenvalue weighted by atomic mass is 35.5. The topological polar surface area (TPSA) is 84.5 Å². The maximum atomic E-state index is 12.9. The number of ether oxygens (including phenoxy) is 1. The standard InChI is InChI=1S/C23H20ClF3N2O4S/c1-14-3-6-17(7-4-14)29-34(31,32)18-8-10-21(15(2)11-18)33-13-22(30)28-20-12-16(23(25,26)27)5-9-19(20)24/h3-12,29H,13H2,1-2H3,(H,28,30). The molecule has 0 aromatic heterocycles. The molecule has 3 rings (SSSR count). The summed E-state index contributed by atoms with van der Waals surface area (Å²) in [7, 11) is -3.85. The molecule has 180 valence electrons. The summed E-state index contributed by atoms with van der Waals surface area (Å²) in [5.41, 5.74) is 0.676. The van der Waals surface area contributed by atoms with Gasteiger partial charge in [0.2, 0.25) is 0 Å². The van der Waals surface area contributed by atoms with Crippen molar-refractivity contribution in [3.05, 3.63) is 82.4 Å². The summed E-state index contributed by atoms with van der Waals surface area (Å²) in [5, 5.41) is 2.22. The van der Waals surface area contributed by atoms with E-state index in [1.165, 1.54) is 18.2 Å². The normalized spacial score (nSPS) is 11.7. The molecule has 11 heteroatoms. The predicted molar refractivity (Wildman–Crippen MR) is 124 cm³/mol. The summed E-state index contributed by atoms with van der Waals surface area (Å²) < 4.78 is 71.8. The van der Waals surface area contributed by atoms with Gasteiger partial charge in [-0.25, -0.2) is 8.42 Å². The largest absolute Gasteiger partial charge is 0.483 e. The van der Waals surface area contributed by atoms with Gasteiger partial charge in [0.15, 0.2) is 6.61 Å². The van der Waals surface area contributed by atoms with Crippen LogP contribution >= 0.6 is 11.6 Å². The summed E-state index contributed by atoms with van der Waals surface area (Å²) in [5.74, 6) is -0.502. The predicted octanol–water partition coefficient (Wildman–Crippen LogP) is 5.79. The SMILES string of the molecule is Cc1ccc(NS(=O)(=O)c2ccc(OCC(=O)Nc3cc(C(F)(F)F)ccc3Cl)c(C)c2)cc1. The Hall–Kier alpha value is -3.24. The lowest BCUT2D eigenvalue weighted by Gasteiger charge is -2.14. The molecule has 0 aliphatic carbocycles. The van der Waals surface area contributed by atoms with Crippen LogP contribution in [0.3, 0.4) is 0 Å². The second-order valence-corrected chi connectivity index (χ2v) is 9.52. The van der Waals surface area contributed by atoms with Crippen molar-refractivity contribution in [1.29, 1.82) is 0 Å². The van der Waals surface area contributed by atoms with Gasteiger partial charge in [-0.2, -0.15) is 13.2 Å². The highest BCUT2D eigenvalue weighted by Crippen LogP contribution is 2.34. The smallest absolute Gasteiger partial charge is 0.416 e. The lowest BCUT2D eigenvalue weighted by atomic mass is 10.2. The Balaban J connectivity index is 1.66. The third-order valence-electron chi connectivity index (χ3n) is 4.69. The van der Waals surface area contributed by atoms with E-state index in [0.29, 0.717) is 11.3 Å². The molecule has 34 heavy (non-hydrogen) atoms. The number of hydrogen-bond donors (Lipinski definition) is 2. The van der Waals surface area contributed by atoms with Crippen LogP contribution in [0.25, 0.3) is 0 Å². The lowest BCUT2D eigenvalue weighted by molar-refractivity contribution is -0.137. The fourth-order valence-electron chi connectivity index (χ4n) is 2.91. The molecule has 3 aromatic rings. The van der Waals surface area contributed by atoms with Crippen molar-refractivity contribution < 1.29 is 31.1 Å². The van der Waals surface area contributed by atoms with Gasteiger partial charge >= 0.3 is 6.18 Å². The summed E-state index contributed by atoms with van der Waals surface area (Å²) >= 11 is 5.87. The molecule has 0 bridgehead atoms. The lowest BCUT2D eigenvalue weighted by Crippen LogP contribution is -2.21. The number of sulfonamides is 1. The first-order chi connectivity index (χ1) is 15.8. The monoisotopic (exact) mass is 512 g/mol. The highest BCUT2D eigenvalue weighted by Gasteiger charge is 2.31. The second-order valence-electron chi connectivity index (χ2n) is 7.43. The molecule has 0 aliphatic rings. The zero-order valence-electron chi connectivity index (χ0n) is 18.0. The van der Waals surface area contributed by atoms with E-state index >= 15 is 0 Å². The molecular weight excluding hydrogens is 493 g/mol. The molecule has 6 nitrogen and oxygen atoms in total. The van der Waals surface area contributed by atoms with Crippen LogP contribution in [-0.4, -0.2) is 20.9 Å². The molecule has 0 heterocycles. The number of halogens is 4. The van der Waals surface area contributed by atoms with E-state index in [-0.39, 0.29) is 21.4 Å². The van der Waals surface area contributed by atoms with E-state index in [2.05, 4.69) is 10.0 Å². The zero-order valence-corrected chi connectivity index (χ0v) is 19.6. The fraction of sp³-hybridized carbons (Fsp3) is 0.174. The quantitative estimate of drug-likeness (QED) is 0.419. The minimum Gasteiger partial charge on any atom is -0.483 e. The van der Waals surface area contributed by atoms with Crippen LogP contribution in [0.5, 0.6) is 5.75 Å². The Morgan fingerprint density at radius 3 is 2.29 bits per heavy atom. The Morgan fingerprint density at radius 1 is 1.00 bits per heavy atom. The van der Waals surface area contributed by atoms with Crippen LogP contribution < -0.4 is 14.8 Å². The Morgan fingerprint density at radius 2 is 1.68 bits per heavy atom. The van der Waals surface area contributed by atoms with Crippen LogP contribution in [0.2, 0.25) is 5.02 Å². The third kappa shape index (κ3) is 6.42. The highest BCUT2D eigenvalue weighted by molar-refractivity contribution is 7.92. The number of hydrogen-bond acceptors (Lipinski definition) is 4. The fourth-order valence-corrected chi connectivity index (χ4v) is 4.22. The molecule has 0 saturated heterocycles. The number of rotatable bonds is 7. The molecule has 3 aromatic carbocycles. The molecule has 0 atom stereocenters. The minimum absolute atomic E-state index is 0.00174. The number of carbonyl (C=O) groups is 1. The molecule has 0 saturated carbocycles. The van der Waals surface area contributed by atoms with Crippen LogP contribution in [0.4, 0.5) is 24.5 Å². The molecule has 0 fully saturated rings. The first-order valence-corrected chi connectivity index (χ1v) is 11.7. The number of aryl methyl sites for hydroxylation is 2. The van der Waals surface area contributed by atoms with Gasteiger partial charge in [-0.05, 0) is 67.9 Å². The van der Waals surface area contributed by atoms with Crippen LogP contribution in [0.1, 0.15) is 16.7 Å². The van der Waals surface area contributed by atoms with Gasteiger partial charge in [0.05, 0.1) is 21.2 Å². The van der Waals surface area contributed by atoms with E-state index in [0.717, 1.165) is 23.8 Å². The van der Waals surface area contributed by atoms with Gasteiger partial charge in [-0.3, -0.25) is 9.52 Å². The van der Waals surface area contributed by atoms with Crippen LogP contribution in [0, 0.1) is 13.8 Å². The van der Waals surface area contributed by atoms with E-state index in [1.54, 1.807) is 31.2 Å². The van der Waals surface area contributed by atoms with Crippen LogP contribution in [-0.2, 0) is 21.0 Å². The van der Waals surface area contributed by atoms with Crippen molar-refractivity contribution in [2.45, 2.75) is 24.9 Å². The number of carbonyl (C=O) groups excluding carboxylic acids is 1. The first-order valence-electron chi connectivity index (χ1n) is 9.85. The van der Waals surface area contributed by atoms with Crippen molar-refractivity contribution in [3.8, 4) is 5.75 Å². The van der Waals surface area contributed by atoms with Gasteiger partial charge in [0, 0.05) is 5.69 Å². The van der Waals surface area contributed by atoms with Crippen molar-refractivity contribution in [2.24, 2.45) is 0 Å². The summed E-state index contributed by atoms with van der Waals surface area (Å²) in [6.07, 6.45) is -4.59. The number of benzene rings is 3. The van der Waals surface area contributed by atoms with Gasteiger partial charge in [-0.1, -0.05) is 29.3 Å². The first kappa shape index (κ1) is 25.4. The molecule has 2 N–H and O–H groups in total. The molecular formula is C23H20ClF3N2O4S. The molecule has 0 unspecified atom stereocenters. The van der Waals surface area contributed by atoms with E-state index < -0.39 is 34.3 Å². The van der Waals surface area contributed by atoms with E-state index in [1.807, 2.05) is 6.92 Å².